The van der Waals surface area contributed by atoms with Gasteiger partial charge in [-0.2, -0.15) is 11.3 Å². The van der Waals surface area contributed by atoms with Crippen LogP contribution >= 0.6 is 11.3 Å². The Kier molecular flexibility index (Phi) is 3.75. The molecule has 1 aliphatic heterocycles. The summed E-state index contributed by atoms with van der Waals surface area (Å²) in [4.78, 5) is 11.6. The predicted molar refractivity (Wildman–Crippen MR) is 62.1 cm³/mol. The van der Waals surface area contributed by atoms with Crippen molar-refractivity contribution in [2.24, 2.45) is 0 Å². The third-order valence-electron chi connectivity index (χ3n) is 2.61. The summed E-state index contributed by atoms with van der Waals surface area (Å²) in [6, 6.07) is 2.33. The van der Waals surface area contributed by atoms with Crippen LogP contribution in [-0.4, -0.2) is 25.0 Å². The van der Waals surface area contributed by atoms with Crippen LogP contribution in [0.25, 0.3) is 0 Å². The van der Waals surface area contributed by atoms with E-state index in [9.17, 15) is 4.79 Å². The van der Waals surface area contributed by atoms with Gasteiger partial charge in [0, 0.05) is 12.6 Å². The van der Waals surface area contributed by atoms with Crippen LogP contribution in [0.5, 0.6) is 0 Å². The maximum atomic E-state index is 11.6. The van der Waals surface area contributed by atoms with Gasteiger partial charge < -0.3 is 10.6 Å². The van der Waals surface area contributed by atoms with Crippen molar-refractivity contribution in [1.29, 1.82) is 0 Å². The van der Waals surface area contributed by atoms with Crippen molar-refractivity contribution in [3.05, 3.63) is 22.4 Å². The van der Waals surface area contributed by atoms with Crippen molar-refractivity contribution in [1.82, 2.24) is 10.6 Å². The van der Waals surface area contributed by atoms with Gasteiger partial charge in [0.15, 0.2) is 0 Å². The second kappa shape index (κ2) is 5.28. The van der Waals surface area contributed by atoms with Gasteiger partial charge in [-0.05, 0) is 41.8 Å². The summed E-state index contributed by atoms with van der Waals surface area (Å²) in [5.74, 6) is 0.141. The maximum absolute atomic E-state index is 11.6. The molecule has 0 radical (unpaired) electrons. The first-order chi connectivity index (χ1) is 7.34. The van der Waals surface area contributed by atoms with Crippen LogP contribution in [0.1, 0.15) is 18.4 Å². The fourth-order valence-electron chi connectivity index (χ4n) is 1.83. The average Bonchev–Trinajstić information content (AvgIpc) is 2.71. The number of nitrogens with one attached hydrogen (secondary N) is 2. The molecule has 15 heavy (non-hydrogen) atoms. The minimum absolute atomic E-state index is 0.141. The summed E-state index contributed by atoms with van der Waals surface area (Å²) in [5, 5.41) is 10.4. The van der Waals surface area contributed by atoms with Gasteiger partial charge >= 0.3 is 0 Å². The van der Waals surface area contributed by atoms with Crippen LogP contribution < -0.4 is 10.6 Å². The Bertz CT molecular complexity index is 304. The molecule has 1 fully saturated rings. The van der Waals surface area contributed by atoms with E-state index in [0.29, 0.717) is 12.5 Å². The van der Waals surface area contributed by atoms with E-state index in [2.05, 4.69) is 10.6 Å². The lowest BCUT2D eigenvalue weighted by atomic mass is 10.1. The molecule has 0 spiro atoms. The summed E-state index contributed by atoms with van der Waals surface area (Å²) in [7, 11) is 0. The largest absolute Gasteiger partial charge is 0.352 e. The molecule has 3 nitrogen and oxygen atoms in total. The van der Waals surface area contributed by atoms with Crippen LogP contribution in [0.3, 0.4) is 0 Å². The fraction of sp³-hybridized carbons (Fsp3) is 0.545. The quantitative estimate of drug-likeness (QED) is 0.809. The first kappa shape index (κ1) is 10.6. The van der Waals surface area contributed by atoms with Crippen LogP contribution in [-0.2, 0) is 11.2 Å². The Morgan fingerprint density at radius 1 is 1.67 bits per heavy atom. The monoisotopic (exact) mass is 224 g/mol. The lowest BCUT2D eigenvalue weighted by molar-refractivity contribution is -0.121. The van der Waals surface area contributed by atoms with Crippen LogP contribution in [0.2, 0.25) is 0 Å². The number of hydrogen-bond acceptors (Lipinski definition) is 3. The molecular formula is C11H16N2OS. The highest BCUT2D eigenvalue weighted by Crippen LogP contribution is 2.07. The lowest BCUT2D eigenvalue weighted by Gasteiger charge is -2.23. The lowest BCUT2D eigenvalue weighted by Crippen LogP contribution is -2.46. The molecule has 1 aromatic rings. The molecule has 82 valence electrons. The Morgan fingerprint density at radius 3 is 3.27 bits per heavy atom. The SMILES string of the molecule is O=C(Cc1ccsc1)NC1CCCNC1. The van der Waals surface area contributed by atoms with Gasteiger partial charge in [0.2, 0.25) is 5.91 Å². The molecule has 2 heterocycles. The molecule has 0 saturated carbocycles. The van der Waals surface area contributed by atoms with Crippen LogP contribution in [0, 0.1) is 0 Å². The van der Waals surface area contributed by atoms with Crippen molar-refractivity contribution in [2.75, 3.05) is 13.1 Å². The third kappa shape index (κ3) is 3.32. The Labute approximate surface area is 93.9 Å². The molecule has 1 amide bonds. The van der Waals surface area contributed by atoms with E-state index in [1.807, 2.05) is 16.8 Å². The fourth-order valence-corrected chi connectivity index (χ4v) is 2.50. The van der Waals surface area contributed by atoms with E-state index in [4.69, 9.17) is 0 Å². The van der Waals surface area contributed by atoms with Crippen molar-refractivity contribution >= 4 is 17.2 Å². The highest BCUT2D eigenvalue weighted by Gasteiger charge is 2.15. The molecule has 2 rings (SSSR count). The zero-order chi connectivity index (χ0) is 10.5. The second-order valence-corrected chi connectivity index (χ2v) is 4.70. The maximum Gasteiger partial charge on any atom is 0.224 e. The second-order valence-electron chi connectivity index (χ2n) is 3.92. The average molecular weight is 224 g/mol. The van der Waals surface area contributed by atoms with Gasteiger partial charge in [-0.25, -0.2) is 0 Å². The topological polar surface area (TPSA) is 41.1 Å². The zero-order valence-corrected chi connectivity index (χ0v) is 9.48. The zero-order valence-electron chi connectivity index (χ0n) is 8.66. The number of piperidine rings is 1. The smallest absolute Gasteiger partial charge is 0.224 e. The van der Waals surface area contributed by atoms with Crippen molar-refractivity contribution in [3.8, 4) is 0 Å². The molecule has 4 heteroatoms. The van der Waals surface area contributed by atoms with E-state index >= 15 is 0 Å². The molecule has 1 saturated heterocycles. The summed E-state index contributed by atoms with van der Waals surface area (Å²) < 4.78 is 0. The Balaban J connectivity index is 1.76. The number of carbonyl (C=O) groups excluding carboxylic acids is 1. The summed E-state index contributed by atoms with van der Waals surface area (Å²) in [6.07, 6.45) is 2.77. The van der Waals surface area contributed by atoms with E-state index in [-0.39, 0.29) is 5.91 Å². The van der Waals surface area contributed by atoms with E-state index in [1.54, 1.807) is 11.3 Å². The molecule has 1 aliphatic rings. The molecule has 1 atom stereocenters. The standard InChI is InChI=1S/C11H16N2OS/c14-11(6-9-3-5-15-8-9)13-10-2-1-4-12-7-10/h3,5,8,10,12H,1-2,4,6-7H2,(H,13,14). The number of carbonyl (C=O) groups is 1. The molecule has 2 N–H and O–H groups in total. The predicted octanol–water partition coefficient (Wildman–Crippen LogP) is 1.16. The van der Waals surface area contributed by atoms with Gasteiger partial charge in [-0.1, -0.05) is 0 Å². The molecule has 0 aliphatic carbocycles. The molecule has 1 unspecified atom stereocenters. The minimum Gasteiger partial charge on any atom is -0.352 e. The van der Waals surface area contributed by atoms with Gasteiger partial charge in [0.1, 0.15) is 0 Å². The highest BCUT2D eigenvalue weighted by atomic mass is 32.1. The Morgan fingerprint density at radius 2 is 2.60 bits per heavy atom. The van der Waals surface area contributed by atoms with Gasteiger partial charge in [-0.15, -0.1) is 0 Å². The highest BCUT2D eigenvalue weighted by molar-refractivity contribution is 7.07. The number of thiophene rings is 1. The van der Waals surface area contributed by atoms with Gasteiger partial charge in [-0.3, -0.25) is 4.79 Å². The molecule has 0 aromatic carbocycles. The van der Waals surface area contributed by atoms with Crippen molar-refractivity contribution in [3.63, 3.8) is 0 Å². The third-order valence-corrected chi connectivity index (χ3v) is 3.34. The molecule has 0 bridgehead atoms. The first-order valence-corrected chi connectivity index (χ1v) is 6.30. The first-order valence-electron chi connectivity index (χ1n) is 5.36. The summed E-state index contributed by atoms with van der Waals surface area (Å²) >= 11 is 1.64. The van der Waals surface area contributed by atoms with Gasteiger partial charge in [0.25, 0.3) is 0 Å². The number of hydrogen-bond donors (Lipinski definition) is 2. The van der Waals surface area contributed by atoms with E-state index < -0.39 is 0 Å². The van der Waals surface area contributed by atoms with Gasteiger partial charge in [0.05, 0.1) is 6.42 Å². The normalized spacial score (nSPS) is 21.2. The van der Waals surface area contributed by atoms with E-state index in [1.165, 1.54) is 0 Å². The van der Waals surface area contributed by atoms with Crippen molar-refractivity contribution < 1.29 is 4.79 Å². The molecular weight excluding hydrogens is 208 g/mol. The van der Waals surface area contributed by atoms with E-state index in [0.717, 1.165) is 31.5 Å². The van der Waals surface area contributed by atoms with Crippen LogP contribution in [0.15, 0.2) is 16.8 Å². The summed E-state index contributed by atoms with van der Waals surface area (Å²) in [6.45, 7) is 1.99. The van der Waals surface area contributed by atoms with Crippen LogP contribution in [0.4, 0.5) is 0 Å². The molecule has 1 aromatic heterocycles. The number of amides is 1. The Hall–Kier alpha value is -0.870. The minimum atomic E-state index is 0.141. The summed E-state index contributed by atoms with van der Waals surface area (Å²) in [5.41, 5.74) is 1.11. The van der Waals surface area contributed by atoms with Crippen molar-refractivity contribution in [2.45, 2.75) is 25.3 Å². The number of rotatable bonds is 3.